The summed E-state index contributed by atoms with van der Waals surface area (Å²) in [6, 6.07) is 5.28. The molecule has 0 unspecified atom stereocenters. The zero-order chi connectivity index (χ0) is 16.7. The Morgan fingerprint density at radius 2 is 2.09 bits per heavy atom. The van der Waals surface area contributed by atoms with E-state index in [1.807, 2.05) is 0 Å². The van der Waals surface area contributed by atoms with Crippen molar-refractivity contribution in [2.45, 2.75) is 0 Å². The van der Waals surface area contributed by atoms with Crippen LogP contribution in [-0.2, 0) is 9.53 Å². The number of carbonyl (C=O) groups is 1. The van der Waals surface area contributed by atoms with Gasteiger partial charge in [-0.25, -0.2) is 4.99 Å². The first-order valence-corrected chi connectivity index (χ1v) is 7.28. The first kappa shape index (κ1) is 16.9. The summed E-state index contributed by atoms with van der Waals surface area (Å²) in [6.45, 7) is 2.29. The highest BCUT2D eigenvalue weighted by atomic mass is 16.5. The molecule has 0 radical (unpaired) electrons. The van der Waals surface area contributed by atoms with Crippen LogP contribution in [-0.4, -0.2) is 63.8 Å². The molecular weight excluding hydrogens is 300 g/mol. The average Bonchev–Trinajstić information content (AvgIpc) is 2.60. The molecule has 8 nitrogen and oxygen atoms in total. The lowest BCUT2D eigenvalue weighted by molar-refractivity contribution is -0.133. The Labute approximate surface area is 135 Å². The van der Waals surface area contributed by atoms with E-state index in [9.17, 15) is 4.79 Å². The minimum atomic E-state index is -0.0735. The van der Waals surface area contributed by atoms with Crippen molar-refractivity contribution in [1.82, 2.24) is 4.90 Å². The maximum Gasteiger partial charge on any atom is 0.244 e. The zero-order valence-electron chi connectivity index (χ0n) is 13.4. The van der Waals surface area contributed by atoms with E-state index in [1.165, 1.54) is 0 Å². The molecule has 0 spiro atoms. The van der Waals surface area contributed by atoms with Gasteiger partial charge in [0.05, 0.1) is 33.1 Å². The Balaban J connectivity index is 1.97. The molecule has 1 aliphatic heterocycles. The molecule has 0 bridgehead atoms. The minimum absolute atomic E-state index is 0.00881. The van der Waals surface area contributed by atoms with Crippen LogP contribution in [0.2, 0.25) is 0 Å². The number of anilines is 1. The van der Waals surface area contributed by atoms with Crippen molar-refractivity contribution in [2.24, 2.45) is 10.7 Å². The normalized spacial score (nSPS) is 15.2. The summed E-state index contributed by atoms with van der Waals surface area (Å²) in [7, 11) is 3.13. The Morgan fingerprint density at radius 1 is 1.35 bits per heavy atom. The summed E-state index contributed by atoms with van der Waals surface area (Å²) < 4.78 is 15.6. The van der Waals surface area contributed by atoms with Crippen LogP contribution in [0.1, 0.15) is 0 Å². The van der Waals surface area contributed by atoms with Gasteiger partial charge in [0.1, 0.15) is 18.0 Å². The minimum Gasteiger partial charge on any atom is -0.497 e. The zero-order valence-corrected chi connectivity index (χ0v) is 13.4. The number of nitrogens with two attached hydrogens (primary N) is 1. The van der Waals surface area contributed by atoms with Gasteiger partial charge in [-0.05, 0) is 12.1 Å². The molecule has 0 saturated carbocycles. The van der Waals surface area contributed by atoms with Gasteiger partial charge in [0.15, 0.2) is 5.96 Å². The number of hydrogen-bond donors (Lipinski definition) is 2. The van der Waals surface area contributed by atoms with Crippen LogP contribution in [0.4, 0.5) is 5.69 Å². The van der Waals surface area contributed by atoms with Crippen LogP contribution in [0.25, 0.3) is 0 Å². The lowest BCUT2D eigenvalue weighted by atomic mass is 10.2. The van der Waals surface area contributed by atoms with Crippen LogP contribution >= 0.6 is 0 Å². The Kier molecular flexibility index (Phi) is 6.04. The van der Waals surface area contributed by atoms with Gasteiger partial charge < -0.3 is 30.2 Å². The second kappa shape index (κ2) is 8.23. The van der Waals surface area contributed by atoms with E-state index in [4.69, 9.17) is 19.9 Å². The molecule has 1 aliphatic rings. The fourth-order valence-corrected chi connectivity index (χ4v) is 2.15. The fraction of sp³-hybridized carbons (Fsp3) is 0.467. The highest BCUT2D eigenvalue weighted by Gasteiger charge is 2.16. The first-order chi connectivity index (χ1) is 11.1. The number of rotatable bonds is 5. The van der Waals surface area contributed by atoms with Gasteiger partial charge in [-0.3, -0.25) is 4.79 Å². The van der Waals surface area contributed by atoms with E-state index >= 15 is 0 Å². The van der Waals surface area contributed by atoms with Crippen molar-refractivity contribution in [3.05, 3.63) is 18.2 Å². The number of morpholine rings is 1. The number of carbonyl (C=O) groups excluding carboxylic acids is 1. The molecule has 1 amide bonds. The molecule has 0 aromatic heterocycles. The molecule has 3 N–H and O–H groups in total. The second-order valence-corrected chi connectivity index (χ2v) is 4.89. The number of nitrogens with one attached hydrogen (secondary N) is 1. The number of hydrogen-bond acceptors (Lipinski definition) is 5. The molecule has 0 atom stereocenters. The van der Waals surface area contributed by atoms with Gasteiger partial charge in [-0.1, -0.05) is 0 Å². The number of methoxy groups -OCH3 is 2. The largest absolute Gasteiger partial charge is 0.497 e. The molecule has 8 heteroatoms. The number of aliphatic imine (C=N–C) groups is 1. The topological polar surface area (TPSA) is 98.4 Å². The highest BCUT2D eigenvalue weighted by molar-refractivity contribution is 5.95. The van der Waals surface area contributed by atoms with Crippen molar-refractivity contribution in [1.29, 1.82) is 0 Å². The number of ether oxygens (including phenoxy) is 3. The number of benzene rings is 1. The van der Waals surface area contributed by atoms with E-state index < -0.39 is 0 Å². The third-order valence-electron chi connectivity index (χ3n) is 3.42. The summed E-state index contributed by atoms with van der Waals surface area (Å²) in [6.07, 6.45) is 0. The lowest BCUT2D eigenvalue weighted by Gasteiger charge is -2.26. The van der Waals surface area contributed by atoms with Crippen LogP contribution in [0, 0.1) is 0 Å². The predicted molar refractivity (Wildman–Crippen MR) is 87.1 cm³/mol. The Bertz CT molecular complexity index is 571. The first-order valence-electron chi connectivity index (χ1n) is 7.28. The monoisotopic (exact) mass is 322 g/mol. The van der Waals surface area contributed by atoms with Gasteiger partial charge in [-0.15, -0.1) is 0 Å². The smallest absolute Gasteiger partial charge is 0.244 e. The van der Waals surface area contributed by atoms with Crippen LogP contribution in [0.5, 0.6) is 11.5 Å². The molecule has 1 aromatic carbocycles. The third-order valence-corrected chi connectivity index (χ3v) is 3.42. The van der Waals surface area contributed by atoms with Crippen LogP contribution < -0.4 is 20.5 Å². The van der Waals surface area contributed by atoms with Crippen molar-refractivity contribution in [3.63, 3.8) is 0 Å². The summed E-state index contributed by atoms with van der Waals surface area (Å²) >= 11 is 0. The Morgan fingerprint density at radius 3 is 2.74 bits per heavy atom. The molecule has 1 saturated heterocycles. The Hall–Kier alpha value is -2.48. The third kappa shape index (κ3) is 4.75. The molecule has 2 rings (SSSR count). The van der Waals surface area contributed by atoms with E-state index in [1.54, 1.807) is 37.3 Å². The molecule has 1 heterocycles. The molecule has 126 valence electrons. The number of amides is 1. The predicted octanol–water partition coefficient (Wildman–Crippen LogP) is 0.289. The van der Waals surface area contributed by atoms with Crippen molar-refractivity contribution in [3.8, 4) is 11.5 Å². The van der Waals surface area contributed by atoms with Gasteiger partial charge in [0.2, 0.25) is 5.91 Å². The maximum atomic E-state index is 12.0. The summed E-state index contributed by atoms with van der Waals surface area (Å²) in [5.41, 5.74) is 6.46. The van der Waals surface area contributed by atoms with Crippen molar-refractivity contribution in [2.75, 3.05) is 52.4 Å². The number of nitrogens with zero attached hydrogens (tertiary/aromatic N) is 2. The number of guanidine groups is 1. The summed E-state index contributed by atoms with van der Waals surface area (Å²) in [5, 5.41) is 2.92. The molecule has 1 aromatic rings. The van der Waals surface area contributed by atoms with E-state index in [-0.39, 0.29) is 18.4 Å². The van der Waals surface area contributed by atoms with E-state index in [2.05, 4.69) is 10.3 Å². The summed E-state index contributed by atoms with van der Waals surface area (Å²) in [5.74, 6) is 1.32. The second-order valence-electron chi connectivity index (χ2n) is 4.89. The SMILES string of the molecule is COc1ccc(OC)c(NC(N)=NCC(=O)N2CCOCC2)c1. The van der Waals surface area contributed by atoms with Crippen molar-refractivity contribution < 1.29 is 19.0 Å². The quantitative estimate of drug-likeness (QED) is 0.597. The molecule has 0 aliphatic carbocycles. The standard InChI is InChI=1S/C15H22N4O4/c1-21-11-3-4-13(22-2)12(9-11)18-15(16)17-10-14(20)19-5-7-23-8-6-19/h3-4,9H,5-8,10H2,1-2H3,(H3,16,17,18). The molecular formula is C15H22N4O4. The van der Waals surface area contributed by atoms with E-state index in [0.29, 0.717) is 43.5 Å². The van der Waals surface area contributed by atoms with Gasteiger partial charge in [0.25, 0.3) is 0 Å². The van der Waals surface area contributed by atoms with Gasteiger partial charge in [-0.2, -0.15) is 0 Å². The van der Waals surface area contributed by atoms with Crippen LogP contribution in [0.3, 0.4) is 0 Å². The van der Waals surface area contributed by atoms with Crippen molar-refractivity contribution >= 4 is 17.6 Å². The van der Waals surface area contributed by atoms with Gasteiger partial charge >= 0.3 is 0 Å². The highest BCUT2D eigenvalue weighted by Crippen LogP contribution is 2.28. The van der Waals surface area contributed by atoms with Gasteiger partial charge in [0, 0.05) is 19.2 Å². The summed E-state index contributed by atoms with van der Waals surface area (Å²) in [4.78, 5) is 17.8. The maximum absolute atomic E-state index is 12.0. The van der Waals surface area contributed by atoms with E-state index in [0.717, 1.165) is 0 Å². The average molecular weight is 322 g/mol. The van der Waals surface area contributed by atoms with Crippen LogP contribution in [0.15, 0.2) is 23.2 Å². The fourth-order valence-electron chi connectivity index (χ4n) is 2.15. The molecule has 23 heavy (non-hydrogen) atoms. The lowest BCUT2D eigenvalue weighted by Crippen LogP contribution is -2.42. The molecule has 1 fully saturated rings.